The molecule has 0 aliphatic heterocycles. The molecule has 0 atom stereocenters. The number of hydrogen-bond donors (Lipinski definition) is 1. The fourth-order valence-electron chi connectivity index (χ4n) is 3.30. The van der Waals surface area contributed by atoms with Gasteiger partial charge in [0, 0.05) is 25.6 Å². The molecule has 1 aliphatic carbocycles. The zero-order valence-electron chi connectivity index (χ0n) is 13.7. The van der Waals surface area contributed by atoms with Crippen LogP contribution in [-0.2, 0) is 10.2 Å². The fraction of sp³-hybridized carbons (Fsp3) is 0.667. The number of hydrogen-bond acceptors (Lipinski definition) is 2. The van der Waals surface area contributed by atoms with Crippen molar-refractivity contribution < 1.29 is 9.13 Å². The Kier molecular flexibility index (Phi) is 5.05. The Morgan fingerprint density at radius 3 is 2.62 bits per heavy atom. The highest BCUT2D eigenvalue weighted by Crippen LogP contribution is 2.54. The molecule has 1 aromatic carbocycles. The summed E-state index contributed by atoms with van der Waals surface area (Å²) in [7, 11) is 1.71. The summed E-state index contributed by atoms with van der Waals surface area (Å²) in [6.45, 7) is 9.34. The van der Waals surface area contributed by atoms with E-state index in [9.17, 15) is 4.39 Å². The van der Waals surface area contributed by atoms with E-state index in [4.69, 9.17) is 4.74 Å². The van der Waals surface area contributed by atoms with Crippen LogP contribution in [-0.4, -0.2) is 26.8 Å². The van der Waals surface area contributed by atoms with Crippen LogP contribution in [0.2, 0.25) is 0 Å². The van der Waals surface area contributed by atoms with Crippen LogP contribution in [0.1, 0.15) is 39.2 Å². The minimum atomic E-state index is -0.136. The van der Waals surface area contributed by atoms with Gasteiger partial charge in [-0.3, -0.25) is 0 Å². The van der Waals surface area contributed by atoms with Crippen LogP contribution in [0.3, 0.4) is 0 Å². The van der Waals surface area contributed by atoms with Gasteiger partial charge in [0.05, 0.1) is 6.61 Å². The third kappa shape index (κ3) is 3.83. The zero-order chi connectivity index (χ0) is 15.5. The lowest BCUT2D eigenvalue weighted by Gasteiger charge is -2.53. The van der Waals surface area contributed by atoms with E-state index >= 15 is 0 Å². The molecular formula is C18H28FNO. The maximum Gasteiger partial charge on any atom is 0.123 e. The van der Waals surface area contributed by atoms with Crippen LogP contribution < -0.4 is 5.32 Å². The topological polar surface area (TPSA) is 21.3 Å². The van der Waals surface area contributed by atoms with Crippen molar-refractivity contribution in [1.82, 2.24) is 5.32 Å². The number of rotatable bonds is 6. The van der Waals surface area contributed by atoms with Crippen molar-refractivity contribution in [3.05, 3.63) is 35.6 Å². The Balaban J connectivity index is 2.09. The minimum Gasteiger partial charge on any atom is -0.383 e. The molecule has 0 bridgehead atoms. The molecule has 21 heavy (non-hydrogen) atoms. The highest BCUT2D eigenvalue weighted by Gasteiger charge is 2.49. The number of nitrogens with one attached hydrogen (secondary N) is 1. The summed E-state index contributed by atoms with van der Waals surface area (Å²) in [5.74, 6) is 0.563. The molecule has 1 N–H and O–H groups in total. The Hall–Kier alpha value is -0.930. The van der Waals surface area contributed by atoms with E-state index in [-0.39, 0.29) is 11.2 Å². The lowest BCUT2D eigenvalue weighted by Crippen LogP contribution is -2.52. The van der Waals surface area contributed by atoms with E-state index in [0.29, 0.717) is 17.9 Å². The van der Waals surface area contributed by atoms with E-state index in [1.165, 1.54) is 6.07 Å². The van der Waals surface area contributed by atoms with Crippen molar-refractivity contribution in [1.29, 1.82) is 0 Å². The summed E-state index contributed by atoms with van der Waals surface area (Å²) in [6.07, 6.45) is 2.25. The highest BCUT2D eigenvalue weighted by molar-refractivity contribution is 5.30. The number of ether oxygens (including phenoxy) is 1. The standard InChI is InChI=1S/C18H28FNO/c1-17(2,3)15-11-18(12-15,13-20-8-9-21-4)14-6-5-7-16(19)10-14/h5-7,10,15,20H,8-9,11-13H2,1-4H3. The van der Waals surface area contributed by atoms with E-state index in [1.54, 1.807) is 13.2 Å². The Bertz CT molecular complexity index is 461. The molecule has 1 saturated carbocycles. The van der Waals surface area contributed by atoms with Gasteiger partial charge < -0.3 is 10.1 Å². The van der Waals surface area contributed by atoms with Crippen LogP contribution in [0.4, 0.5) is 4.39 Å². The van der Waals surface area contributed by atoms with E-state index < -0.39 is 0 Å². The number of halogens is 1. The molecule has 1 aromatic rings. The molecule has 0 amide bonds. The van der Waals surface area contributed by atoms with E-state index in [2.05, 4.69) is 32.2 Å². The smallest absolute Gasteiger partial charge is 0.123 e. The minimum absolute atomic E-state index is 0.0772. The molecular weight excluding hydrogens is 265 g/mol. The monoisotopic (exact) mass is 293 g/mol. The number of benzene rings is 1. The van der Waals surface area contributed by atoms with E-state index in [1.807, 2.05) is 6.07 Å². The summed E-state index contributed by atoms with van der Waals surface area (Å²) < 4.78 is 18.7. The average Bonchev–Trinajstić information content (AvgIpc) is 2.35. The first-order chi connectivity index (χ1) is 9.87. The normalized spacial score (nSPS) is 25.7. The van der Waals surface area contributed by atoms with Crippen LogP contribution in [0.15, 0.2) is 24.3 Å². The summed E-state index contributed by atoms with van der Waals surface area (Å²) in [5, 5.41) is 3.47. The van der Waals surface area contributed by atoms with Crippen LogP contribution in [0, 0.1) is 17.2 Å². The van der Waals surface area contributed by atoms with Crippen molar-refractivity contribution >= 4 is 0 Å². The molecule has 1 aliphatic rings. The lowest BCUT2D eigenvalue weighted by atomic mass is 9.52. The molecule has 2 rings (SSSR count). The number of methoxy groups -OCH3 is 1. The van der Waals surface area contributed by atoms with E-state index in [0.717, 1.165) is 31.5 Å². The highest BCUT2D eigenvalue weighted by atomic mass is 19.1. The molecule has 0 radical (unpaired) electrons. The van der Waals surface area contributed by atoms with Gasteiger partial charge in [0.1, 0.15) is 5.82 Å². The van der Waals surface area contributed by atoms with Crippen molar-refractivity contribution in [3.8, 4) is 0 Å². The zero-order valence-corrected chi connectivity index (χ0v) is 13.7. The second-order valence-corrected chi connectivity index (χ2v) is 7.43. The Morgan fingerprint density at radius 2 is 2.05 bits per heavy atom. The quantitative estimate of drug-likeness (QED) is 0.806. The molecule has 0 heterocycles. The largest absolute Gasteiger partial charge is 0.383 e. The van der Waals surface area contributed by atoms with Gasteiger partial charge in [-0.25, -0.2) is 4.39 Å². The van der Waals surface area contributed by atoms with Crippen molar-refractivity contribution in [2.24, 2.45) is 11.3 Å². The van der Waals surface area contributed by atoms with Crippen LogP contribution in [0.5, 0.6) is 0 Å². The second kappa shape index (κ2) is 6.45. The van der Waals surface area contributed by atoms with Gasteiger partial charge >= 0.3 is 0 Å². The van der Waals surface area contributed by atoms with Crippen LogP contribution in [0.25, 0.3) is 0 Å². The maximum absolute atomic E-state index is 13.6. The first-order valence-corrected chi connectivity index (χ1v) is 7.83. The van der Waals surface area contributed by atoms with Crippen molar-refractivity contribution in [2.75, 3.05) is 26.8 Å². The first kappa shape index (κ1) is 16.4. The van der Waals surface area contributed by atoms with Crippen molar-refractivity contribution in [3.63, 3.8) is 0 Å². The summed E-state index contributed by atoms with van der Waals surface area (Å²) in [6, 6.07) is 7.12. The summed E-state index contributed by atoms with van der Waals surface area (Å²) in [4.78, 5) is 0. The average molecular weight is 293 g/mol. The molecule has 3 heteroatoms. The fourth-order valence-corrected chi connectivity index (χ4v) is 3.30. The van der Waals surface area contributed by atoms with Gasteiger partial charge in [0.15, 0.2) is 0 Å². The molecule has 0 spiro atoms. The Morgan fingerprint density at radius 1 is 1.33 bits per heavy atom. The van der Waals surface area contributed by atoms with Gasteiger partial charge in [0.2, 0.25) is 0 Å². The third-order valence-electron chi connectivity index (χ3n) is 4.88. The SMILES string of the molecule is COCCNCC1(c2cccc(F)c2)CC(C(C)(C)C)C1. The maximum atomic E-state index is 13.6. The van der Waals surface area contributed by atoms with Crippen molar-refractivity contribution in [2.45, 2.75) is 39.0 Å². The van der Waals surface area contributed by atoms with Crippen LogP contribution >= 0.6 is 0 Å². The molecule has 118 valence electrons. The Labute approximate surface area is 128 Å². The lowest BCUT2D eigenvalue weighted by molar-refractivity contribution is 0.0436. The molecule has 0 saturated heterocycles. The van der Waals surface area contributed by atoms with Gasteiger partial charge in [-0.05, 0) is 41.9 Å². The molecule has 0 aromatic heterocycles. The summed E-state index contributed by atoms with van der Waals surface area (Å²) in [5.41, 5.74) is 1.53. The summed E-state index contributed by atoms with van der Waals surface area (Å²) >= 11 is 0. The van der Waals surface area contributed by atoms with Gasteiger partial charge in [-0.2, -0.15) is 0 Å². The van der Waals surface area contributed by atoms with Gasteiger partial charge in [-0.15, -0.1) is 0 Å². The first-order valence-electron chi connectivity index (χ1n) is 7.83. The molecule has 1 fully saturated rings. The third-order valence-corrected chi connectivity index (χ3v) is 4.88. The predicted molar refractivity (Wildman–Crippen MR) is 85.0 cm³/mol. The molecule has 2 nitrogen and oxygen atoms in total. The molecule has 0 unspecified atom stereocenters. The van der Waals surface area contributed by atoms with Gasteiger partial charge in [-0.1, -0.05) is 32.9 Å². The second-order valence-electron chi connectivity index (χ2n) is 7.43. The predicted octanol–water partition coefficient (Wildman–Crippen LogP) is 3.76. The van der Waals surface area contributed by atoms with Gasteiger partial charge in [0.25, 0.3) is 0 Å².